The minimum absolute atomic E-state index is 0.00178. The highest BCUT2D eigenvalue weighted by atomic mass is 79.9. The molecular weight excluding hydrogens is 304 g/mol. The maximum absolute atomic E-state index is 13.4. The molecule has 0 radical (unpaired) electrons. The molecule has 18 heavy (non-hydrogen) atoms. The van der Waals surface area contributed by atoms with Crippen LogP contribution < -0.4 is 0 Å². The lowest BCUT2D eigenvalue weighted by molar-refractivity contribution is 0.0988. The van der Waals surface area contributed by atoms with Crippen LogP contribution in [-0.2, 0) is 6.42 Å². The van der Waals surface area contributed by atoms with E-state index in [9.17, 15) is 13.6 Å². The molecule has 0 bridgehead atoms. The summed E-state index contributed by atoms with van der Waals surface area (Å²) in [7, 11) is 0. The topological polar surface area (TPSA) is 30.0 Å². The Hall–Kier alpha value is -1.62. The minimum atomic E-state index is -0.652. The van der Waals surface area contributed by atoms with Crippen LogP contribution in [0.15, 0.2) is 41.1 Å². The van der Waals surface area contributed by atoms with Gasteiger partial charge < -0.3 is 0 Å². The fourth-order valence-corrected chi connectivity index (χ4v) is 2.03. The standard InChI is InChI=1S/C13H8BrF2NO/c14-11-6-9(15)2-1-8(11)5-13(18)10-3-4-17-7-12(10)16/h1-4,6-7H,5H2. The van der Waals surface area contributed by atoms with E-state index in [1.165, 1.54) is 30.5 Å². The number of pyridine rings is 1. The Labute approximate surface area is 111 Å². The molecule has 0 aliphatic heterocycles. The van der Waals surface area contributed by atoms with E-state index in [4.69, 9.17) is 0 Å². The second-order valence-electron chi connectivity index (χ2n) is 3.69. The van der Waals surface area contributed by atoms with Crippen molar-refractivity contribution in [1.82, 2.24) is 4.98 Å². The van der Waals surface area contributed by atoms with Gasteiger partial charge in [-0.25, -0.2) is 8.78 Å². The number of carbonyl (C=O) groups excluding carboxylic acids is 1. The molecule has 0 atom stereocenters. The summed E-state index contributed by atoms with van der Waals surface area (Å²) < 4.78 is 26.7. The summed E-state index contributed by atoms with van der Waals surface area (Å²) in [4.78, 5) is 15.5. The monoisotopic (exact) mass is 311 g/mol. The summed E-state index contributed by atoms with van der Waals surface area (Å²) >= 11 is 3.17. The Morgan fingerprint density at radius 3 is 2.72 bits per heavy atom. The van der Waals surface area contributed by atoms with Gasteiger partial charge in [0.25, 0.3) is 0 Å². The van der Waals surface area contributed by atoms with Crippen LogP contribution in [-0.4, -0.2) is 10.8 Å². The third-order valence-electron chi connectivity index (χ3n) is 2.44. The average molecular weight is 312 g/mol. The Morgan fingerprint density at radius 1 is 1.28 bits per heavy atom. The predicted molar refractivity (Wildman–Crippen MR) is 66.3 cm³/mol. The number of aromatic nitrogens is 1. The molecule has 1 heterocycles. The van der Waals surface area contributed by atoms with Crippen LogP contribution in [0, 0.1) is 11.6 Å². The lowest BCUT2D eigenvalue weighted by Gasteiger charge is -2.05. The van der Waals surface area contributed by atoms with E-state index in [-0.39, 0.29) is 17.8 Å². The Bertz CT molecular complexity index is 601. The fourth-order valence-electron chi connectivity index (χ4n) is 1.53. The number of halogens is 3. The zero-order valence-corrected chi connectivity index (χ0v) is 10.7. The molecule has 0 fully saturated rings. The molecule has 0 spiro atoms. The molecule has 0 aliphatic carbocycles. The summed E-state index contributed by atoms with van der Waals surface area (Å²) in [6.45, 7) is 0. The highest BCUT2D eigenvalue weighted by Gasteiger charge is 2.13. The zero-order chi connectivity index (χ0) is 13.1. The third kappa shape index (κ3) is 2.79. The first kappa shape index (κ1) is 12.8. The van der Waals surface area contributed by atoms with Crippen molar-refractivity contribution >= 4 is 21.7 Å². The Kier molecular flexibility index (Phi) is 3.81. The first-order valence-corrected chi connectivity index (χ1v) is 5.94. The molecule has 0 saturated carbocycles. The van der Waals surface area contributed by atoms with E-state index in [1.54, 1.807) is 0 Å². The number of hydrogen-bond donors (Lipinski definition) is 0. The van der Waals surface area contributed by atoms with Crippen molar-refractivity contribution in [3.8, 4) is 0 Å². The SMILES string of the molecule is O=C(Cc1ccc(F)cc1Br)c1ccncc1F. The van der Waals surface area contributed by atoms with Crippen LogP contribution in [0.1, 0.15) is 15.9 Å². The normalized spacial score (nSPS) is 10.4. The average Bonchev–Trinajstić information content (AvgIpc) is 2.33. The third-order valence-corrected chi connectivity index (χ3v) is 3.18. The lowest BCUT2D eigenvalue weighted by Crippen LogP contribution is -2.07. The molecular formula is C13H8BrF2NO. The highest BCUT2D eigenvalue weighted by molar-refractivity contribution is 9.10. The van der Waals surface area contributed by atoms with E-state index in [0.717, 1.165) is 6.20 Å². The summed E-state index contributed by atoms with van der Waals surface area (Å²) in [6, 6.07) is 5.35. The lowest BCUT2D eigenvalue weighted by atomic mass is 10.0. The summed E-state index contributed by atoms with van der Waals surface area (Å²) in [5.41, 5.74) is 0.596. The molecule has 92 valence electrons. The van der Waals surface area contributed by atoms with Gasteiger partial charge in [0, 0.05) is 17.1 Å². The van der Waals surface area contributed by atoms with Crippen LogP contribution in [0.25, 0.3) is 0 Å². The summed E-state index contributed by atoms with van der Waals surface area (Å²) in [6.07, 6.45) is 2.35. The van der Waals surface area contributed by atoms with E-state index < -0.39 is 11.6 Å². The fraction of sp³-hybridized carbons (Fsp3) is 0.0769. The van der Waals surface area contributed by atoms with Crippen LogP contribution in [0.5, 0.6) is 0 Å². The minimum Gasteiger partial charge on any atom is -0.294 e. The smallest absolute Gasteiger partial charge is 0.170 e. The number of ketones is 1. The van der Waals surface area contributed by atoms with Crippen molar-refractivity contribution < 1.29 is 13.6 Å². The van der Waals surface area contributed by atoms with Crippen molar-refractivity contribution in [3.05, 3.63) is 63.9 Å². The predicted octanol–water partition coefficient (Wildman–Crippen LogP) is 3.55. The number of hydrogen-bond acceptors (Lipinski definition) is 2. The van der Waals surface area contributed by atoms with E-state index in [2.05, 4.69) is 20.9 Å². The van der Waals surface area contributed by atoms with Gasteiger partial charge in [-0.05, 0) is 23.8 Å². The largest absolute Gasteiger partial charge is 0.294 e. The summed E-state index contributed by atoms with van der Waals surface area (Å²) in [5.74, 6) is -1.42. The molecule has 0 saturated heterocycles. The molecule has 1 aromatic heterocycles. The van der Waals surface area contributed by atoms with E-state index in [1.807, 2.05) is 0 Å². The molecule has 0 unspecified atom stereocenters. The van der Waals surface area contributed by atoms with Gasteiger partial charge in [-0.3, -0.25) is 9.78 Å². The second kappa shape index (κ2) is 5.35. The summed E-state index contributed by atoms with van der Waals surface area (Å²) in [5, 5.41) is 0. The quantitative estimate of drug-likeness (QED) is 0.811. The van der Waals surface area contributed by atoms with Gasteiger partial charge in [0.05, 0.1) is 11.8 Å². The van der Waals surface area contributed by atoms with Crippen LogP contribution in [0.2, 0.25) is 0 Å². The van der Waals surface area contributed by atoms with E-state index in [0.29, 0.717) is 10.0 Å². The molecule has 2 aromatic rings. The molecule has 0 N–H and O–H groups in total. The van der Waals surface area contributed by atoms with Crippen molar-refractivity contribution in [1.29, 1.82) is 0 Å². The molecule has 2 nitrogen and oxygen atoms in total. The maximum Gasteiger partial charge on any atom is 0.170 e. The molecule has 0 amide bonds. The van der Waals surface area contributed by atoms with E-state index >= 15 is 0 Å². The van der Waals surface area contributed by atoms with Gasteiger partial charge in [0.2, 0.25) is 0 Å². The Morgan fingerprint density at radius 2 is 2.06 bits per heavy atom. The zero-order valence-electron chi connectivity index (χ0n) is 9.16. The maximum atomic E-state index is 13.4. The Balaban J connectivity index is 2.24. The second-order valence-corrected chi connectivity index (χ2v) is 4.55. The van der Waals surface area contributed by atoms with Gasteiger partial charge in [0.15, 0.2) is 11.6 Å². The molecule has 0 aliphatic rings. The highest BCUT2D eigenvalue weighted by Crippen LogP contribution is 2.20. The van der Waals surface area contributed by atoms with Crippen molar-refractivity contribution in [2.24, 2.45) is 0 Å². The molecule has 1 aromatic carbocycles. The molecule has 5 heteroatoms. The van der Waals surface area contributed by atoms with Crippen molar-refractivity contribution in [2.75, 3.05) is 0 Å². The van der Waals surface area contributed by atoms with Crippen molar-refractivity contribution in [2.45, 2.75) is 6.42 Å². The number of benzene rings is 1. The molecule has 2 rings (SSSR count). The van der Waals surface area contributed by atoms with Crippen LogP contribution in [0.3, 0.4) is 0 Å². The first-order chi connectivity index (χ1) is 8.58. The van der Waals surface area contributed by atoms with Gasteiger partial charge in [-0.1, -0.05) is 22.0 Å². The first-order valence-electron chi connectivity index (χ1n) is 5.14. The number of Topliss-reactive ketones (excluding diaryl/α,β-unsaturated/α-hetero) is 1. The number of carbonyl (C=O) groups is 1. The number of rotatable bonds is 3. The van der Waals surface area contributed by atoms with Gasteiger partial charge in [-0.15, -0.1) is 0 Å². The van der Waals surface area contributed by atoms with Gasteiger partial charge in [-0.2, -0.15) is 0 Å². The van der Waals surface area contributed by atoms with Crippen LogP contribution >= 0.6 is 15.9 Å². The van der Waals surface area contributed by atoms with Gasteiger partial charge in [0.1, 0.15) is 5.82 Å². The van der Waals surface area contributed by atoms with Crippen LogP contribution in [0.4, 0.5) is 8.78 Å². The number of nitrogens with zero attached hydrogens (tertiary/aromatic N) is 1. The van der Waals surface area contributed by atoms with Gasteiger partial charge >= 0.3 is 0 Å². The van der Waals surface area contributed by atoms with Crippen molar-refractivity contribution in [3.63, 3.8) is 0 Å².